The number of allylic oxidation sites excluding steroid dienone is 3. The largest absolute Gasteiger partial charge is 0.354 e. The summed E-state index contributed by atoms with van der Waals surface area (Å²) in [6.07, 6.45) is 6.50. The van der Waals surface area contributed by atoms with Crippen LogP contribution < -0.4 is 10.6 Å². The molecule has 6 heteroatoms. The molecule has 0 spiro atoms. The van der Waals surface area contributed by atoms with Gasteiger partial charge in [-0.25, -0.2) is 4.99 Å². The predicted molar refractivity (Wildman–Crippen MR) is 220 cm³/mol. The van der Waals surface area contributed by atoms with Crippen molar-refractivity contribution in [2.75, 3.05) is 0 Å². The summed E-state index contributed by atoms with van der Waals surface area (Å²) in [7, 11) is 0. The molecule has 248 valence electrons. The zero-order valence-corrected chi connectivity index (χ0v) is 29.7. The summed E-state index contributed by atoms with van der Waals surface area (Å²) in [5, 5.41) is 22.3. The van der Waals surface area contributed by atoms with E-state index in [1.165, 1.54) is 62.6 Å². The van der Waals surface area contributed by atoms with E-state index in [1.807, 2.05) is 40.9 Å². The molecular weight excluding hydrogens is 673 g/mol. The van der Waals surface area contributed by atoms with Crippen LogP contribution in [0.25, 0.3) is 62.6 Å². The van der Waals surface area contributed by atoms with E-state index < -0.39 is 0 Å². The smallest absolute Gasteiger partial charge is 0.131 e. The first-order valence-corrected chi connectivity index (χ1v) is 19.2. The molecule has 4 nitrogen and oxygen atoms in total. The van der Waals surface area contributed by atoms with Gasteiger partial charge < -0.3 is 5.32 Å². The highest BCUT2D eigenvalue weighted by atomic mass is 32.1. The Morgan fingerprint density at radius 1 is 0.635 bits per heavy atom. The lowest BCUT2D eigenvalue weighted by Crippen LogP contribution is -2.54. The number of rotatable bonds is 5. The lowest BCUT2D eigenvalue weighted by Gasteiger charge is -2.36. The van der Waals surface area contributed by atoms with Gasteiger partial charge in [0.05, 0.1) is 12.2 Å². The molecule has 2 aliphatic rings. The number of thiophene rings is 2. The monoisotopic (exact) mass is 704 g/mol. The molecule has 8 aromatic rings. The van der Waals surface area contributed by atoms with E-state index >= 15 is 0 Å². The van der Waals surface area contributed by atoms with Crippen molar-refractivity contribution in [3.63, 3.8) is 0 Å². The molecule has 0 radical (unpaired) electrons. The maximum absolute atomic E-state index is 9.50. The number of hydrogen-bond donors (Lipinski definition) is 2. The van der Waals surface area contributed by atoms with Crippen molar-refractivity contribution in [3.05, 3.63) is 168 Å². The third-order valence-electron chi connectivity index (χ3n) is 10.3. The molecule has 0 saturated heterocycles. The minimum absolute atomic E-state index is 0.0883. The Labute approximate surface area is 309 Å². The van der Waals surface area contributed by atoms with E-state index in [-0.39, 0.29) is 18.2 Å². The van der Waals surface area contributed by atoms with E-state index in [2.05, 4.69) is 150 Å². The van der Waals surface area contributed by atoms with Crippen LogP contribution in [-0.4, -0.2) is 12.0 Å². The normalized spacial score (nSPS) is 18.7. The Balaban J connectivity index is 1.18. The molecule has 3 heterocycles. The van der Waals surface area contributed by atoms with Crippen molar-refractivity contribution >= 4 is 68.9 Å². The minimum atomic E-state index is -0.307. The zero-order chi connectivity index (χ0) is 34.6. The van der Waals surface area contributed by atoms with Gasteiger partial charge in [-0.2, -0.15) is 5.26 Å². The van der Waals surface area contributed by atoms with Gasteiger partial charge >= 0.3 is 0 Å². The van der Waals surface area contributed by atoms with Gasteiger partial charge in [-0.05, 0) is 70.6 Å². The highest BCUT2D eigenvalue weighted by Gasteiger charge is 2.30. The standard InChI is InChI=1S/C46H32N4S2/c47-27-28-20-22-30(23-21-28)45-48-44(29-10-2-1-3-11-29)49-46(50-45)33-25-31(34-14-8-16-38-36-12-4-6-18-40(36)51-42(34)38)24-32(26-33)35-15-9-17-39-37-13-5-7-19-41(37)52-43(35)39/h1-22,24-26,30,45-46,50H,23H2,(H,48,49). The molecule has 6 aromatic carbocycles. The average molecular weight is 705 g/mol. The summed E-state index contributed by atoms with van der Waals surface area (Å²) in [6.45, 7) is 0. The molecule has 2 N–H and O–H groups in total. The molecule has 0 bridgehead atoms. The van der Waals surface area contributed by atoms with E-state index in [0.717, 1.165) is 23.4 Å². The SMILES string of the molecule is N#CC1=CCC(C2NC(c3ccccc3)=NC(c3cc(-c4cccc5c4sc4ccccc45)cc(-c4cccc5c4sc4ccccc45)c3)N2)C=C1. The first kappa shape index (κ1) is 30.9. The molecule has 2 aromatic heterocycles. The van der Waals surface area contributed by atoms with Crippen molar-refractivity contribution in [3.8, 4) is 28.3 Å². The summed E-state index contributed by atoms with van der Waals surface area (Å²) < 4.78 is 5.18. The highest BCUT2D eigenvalue weighted by Crippen LogP contribution is 2.44. The van der Waals surface area contributed by atoms with Crippen LogP contribution in [0.15, 0.2) is 162 Å². The number of benzene rings is 6. The Kier molecular flexibility index (Phi) is 7.58. The van der Waals surface area contributed by atoms with Crippen LogP contribution in [0.4, 0.5) is 0 Å². The second kappa shape index (κ2) is 12.7. The Morgan fingerprint density at radius 2 is 1.23 bits per heavy atom. The first-order valence-electron chi connectivity index (χ1n) is 17.6. The van der Waals surface area contributed by atoms with Gasteiger partial charge in [0, 0.05) is 57.4 Å². The van der Waals surface area contributed by atoms with Gasteiger partial charge in [0.1, 0.15) is 12.0 Å². The van der Waals surface area contributed by atoms with Gasteiger partial charge in [0.15, 0.2) is 0 Å². The maximum atomic E-state index is 9.50. The van der Waals surface area contributed by atoms with E-state index in [0.29, 0.717) is 5.57 Å². The number of nitrogens with one attached hydrogen (secondary N) is 2. The van der Waals surface area contributed by atoms with E-state index in [9.17, 15) is 5.26 Å². The number of hydrogen-bond acceptors (Lipinski definition) is 6. The molecular formula is C46H32N4S2. The van der Waals surface area contributed by atoms with Crippen LogP contribution in [-0.2, 0) is 0 Å². The summed E-state index contributed by atoms with van der Waals surface area (Å²) >= 11 is 3.73. The second-order valence-electron chi connectivity index (χ2n) is 13.5. The topological polar surface area (TPSA) is 60.2 Å². The fraction of sp³-hybridized carbons (Fsp3) is 0.0870. The average Bonchev–Trinajstić information content (AvgIpc) is 3.80. The summed E-state index contributed by atoms with van der Waals surface area (Å²) in [5.41, 5.74) is 7.68. The van der Waals surface area contributed by atoms with Crippen LogP contribution in [0.1, 0.15) is 23.7 Å². The van der Waals surface area contributed by atoms with Crippen molar-refractivity contribution < 1.29 is 0 Å². The summed E-state index contributed by atoms with van der Waals surface area (Å²) in [5.74, 6) is 1.01. The Hall–Kier alpha value is -5.84. The molecule has 0 fully saturated rings. The van der Waals surface area contributed by atoms with Crippen molar-refractivity contribution in [2.24, 2.45) is 10.9 Å². The number of nitrogens with zero attached hydrogens (tertiary/aromatic N) is 2. The van der Waals surface area contributed by atoms with E-state index in [4.69, 9.17) is 4.99 Å². The third kappa shape index (κ3) is 5.34. The van der Waals surface area contributed by atoms with Crippen LogP contribution in [0.5, 0.6) is 0 Å². The fourth-order valence-electron chi connectivity index (χ4n) is 7.75. The lowest BCUT2D eigenvalue weighted by atomic mass is 9.91. The Morgan fingerprint density at radius 3 is 1.83 bits per heavy atom. The molecule has 3 unspecified atom stereocenters. The predicted octanol–water partition coefficient (Wildman–Crippen LogP) is 11.7. The number of nitriles is 1. The minimum Gasteiger partial charge on any atom is -0.354 e. The third-order valence-corrected chi connectivity index (χ3v) is 12.8. The van der Waals surface area contributed by atoms with Gasteiger partial charge in [0.25, 0.3) is 0 Å². The van der Waals surface area contributed by atoms with Crippen molar-refractivity contribution in [1.29, 1.82) is 5.26 Å². The molecule has 3 atom stereocenters. The van der Waals surface area contributed by atoms with Gasteiger partial charge in [-0.1, -0.05) is 115 Å². The van der Waals surface area contributed by atoms with Crippen LogP contribution >= 0.6 is 22.7 Å². The maximum Gasteiger partial charge on any atom is 0.131 e. The second-order valence-corrected chi connectivity index (χ2v) is 15.6. The Bertz CT molecular complexity index is 2680. The quantitative estimate of drug-likeness (QED) is 0.187. The number of amidine groups is 1. The molecule has 0 amide bonds. The van der Waals surface area contributed by atoms with Crippen LogP contribution in [0, 0.1) is 17.2 Å². The van der Waals surface area contributed by atoms with Gasteiger partial charge in [-0.15, -0.1) is 22.7 Å². The van der Waals surface area contributed by atoms with Crippen LogP contribution in [0.3, 0.4) is 0 Å². The first-order chi connectivity index (χ1) is 25.7. The molecule has 10 rings (SSSR count). The van der Waals surface area contributed by atoms with Crippen molar-refractivity contribution in [2.45, 2.75) is 18.8 Å². The molecule has 1 aliphatic carbocycles. The van der Waals surface area contributed by atoms with E-state index in [1.54, 1.807) is 0 Å². The van der Waals surface area contributed by atoms with Gasteiger partial charge in [0.2, 0.25) is 0 Å². The lowest BCUT2D eigenvalue weighted by molar-refractivity contribution is 0.328. The highest BCUT2D eigenvalue weighted by molar-refractivity contribution is 7.26. The zero-order valence-electron chi connectivity index (χ0n) is 28.1. The molecule has 0 saturated carbocycles. The van der Waals surface area contributed by atoms with Gasteiger partial charge in [-0.3, -0.25) is 5.32 Å². The summed E-state index contributed by atoms with van der Waals surface area (Å²) in [4.78, 5) is 5.37. The van der Waals surface area contributed by atoms with Crippen molar-refractivity contribution in [1.82, 2.24) is 10.6 Å². The number of aliphatic imine (C=N–C) groups is 1. The summed E-state index contributed by atoms with van der Waals surface area (Å²) in [6, 6.07) is 50.6. The fourth-order valence-corrected chi connectivity index (χ4v) is 10.2. The van der Waals surface area contributed by atoms with Crippen LogP contribution in [0.2, 0.25) is 0 Å². The molecule has 52 heavy (non-hydrogen) atoms. The molecule has 1 aliphatic heterocycles. The number of fused-ring (bicyclic) bond motifs is 6.